The van der Waals surface area contributed by atoms with Crippen molar-refractivity contribution in [2.45, 2.75) is 105 Å². The second-order valence-electron chi connectivity index (χ2n) is 23.7. The van der Waals surface area contributed by atoms with E-state index in [-0.39, 0.29) is 38.7 Å². The molecule has 0 spiro atoms. The molecule has 0 N–H and O–H groups in total. The Morgan fingerprint density at radius 2 is 0.420 bits per heavy atom. The second kappa shape index (κ2) is 16.5. The molecule has 4 aromatic rings. The van der Waals surface area contributed by atoms with Gasteiger partial charge in [-0.25, -0.2) is 39.9 Å². The molecule has 5 heterocycles. The van der Waals surface area contributed by atoms with E-state index in [1.54, 1.807) is 0 Å². The van der Waals surface area contributed by atoms with Crippen LogP contribution in [0.15, 0.2) is 88.5 Å². The van der Waals surface area contributed by atoms with Crippen LogP contribution in [0, 0.1) is 0 Å². The third-order valence-electron chi connectivity index (χ3n) is 13.4. The second-order valence-corrected chi connectivity index (χ2v) is 23.7. The molecule has 0 amide bonds. The van der Waals surface area contributed by atoms with Crippen molar-refractivity contribution in [2.24, 2.45) is 39.9 Å². The molecule has 0 aliphatic carbocycles. The summed E-state index contributed by atoms with van der Waals surface area (Å²) in [6.07, 6.45) is 0. The molecule has 69 heavy (non-hydrogen) atoms. The zero-order valence-electron chi connectivity index (χ0n) is 44.3. The summed E-state index contributed by atoms with van der Waals surface area (Å²) in [5.41, 5.74) is 15.1. The van der Waals surface area contributed by atoms with E-state index in [2.05, 4.69) is 208 Å². The Balaban J connectivity index is 0.00000642. The van der Waals surface area contributed by atoms with Crippen LogP contribution in [0.4, 0.5) is 22.7 Å². The minimum absolute atomic E-state index is 0. The SMILES string of the molecule is CN(C)c1cc(C(C)(C)C)cc2c1C1=NC2=NC2=NC(=NC3=NC(=NC4=NC(=N1)c1cc(C(C)(C)C)cc(N(C)C)c14)c1cc(C(C)(C)C)cc(N(C)C)c13)c1cc(C(C)(C)C)cc(N(C)C)c12.[Cu+2]. The van der Waals surface area contributed by atoms with Crippen LogP contribution >= 0.6 is 0 Å². The van der Waals surface area contributed by atoms with Crippen molar-refractivity contribution in [3.05, 3.63) is 115 Å². The van der Waals surface area contributed by atoms with Crippen molar-refractivity contribution in [3.8, 4) is 0 Å². The van der Waals surface area contributed by atoms with E-state index in [4.69, 9.17) is 39.9 Å². The standard InChI is InChI=1S/C56H68N12.Cu/c1-53(2,3)29-21-33-41(37(25-29)65(13)14)49-57-45(33)61-50-42-34(22-30(54(4,5)6)26-38(42)66(15)16)47(58-50)63-52-44-36(24-32(56(10,11)12)28-40(44)68(19)20)48(60-52)64-51-43-35(46(59-51)62-49)23-31(55(7,8)9)27-39(43)67(17)18;/h21-28H,1-20H3;/q;+2. The molecule has 0 atom stereocenters. The molecule has 8 bridgehead atoms. The smallest absolute Gasteiger partial charge is 0.377 e. The summed E-state index contributed by atoms with van der Waals surface area (Å²) < 4.78 is 0. The summed E-state index contributed by atoms with van der Waals surface area (Å²) in [6.45, 7) is 26.9. The monoisotopic (exact) mass is 971 g/mol. The molecule has 361 valence electrons. The Labute approximate surface area is 420 Å². The molecule has 0 unspecified atom stereocenters. The average molecular weight is 973 g/mol. The van der Waals surface area contributed by atoms with Gasteiger partial charge in [-0.1, -0.05) is 83.1 Å². The number of anilines is 4. The first-order chi connectivity index (χ1) is 31.5. The molecular weight excluding hydrogens is 904 g/mol. The summed E-state index contributed by atoms with van der Waals surface area (Å²) >= 11 is 0. The largest absolute Gasteiger partial charge is 2.00 e. The summed E-state index contributed by atoms with van der Waals surface area (Å²) in [6, 6.07) is 18.0. The molecule has 0 saturated carbocycles. The van der Waals surface area contributed by atoms with E-state index in [1.807, 2.05) is 0 Å². The van der Waals surface area contributed by atoms with Crippen LogP contribution in [0.1, 0.15) is 150 Å². The number of benzene rings is 4. The van der Waals surface area contributed by atoms with E-state index in [0.717, 1.165) is 89.5 Å². The van der Waals surface area contributed by atoms with Crippen molar-refractivity contribution in [3.63, 3.8) is 0 Å². The van der Waals surface area contributed by atoms with E-state index in [1.165, 1.54) is 0 Å². The average Bonchev–Trinajstić information content (AvgIpc) is 3.96. The van der Waals surface area contributed by atoms with Crippen molar-refractivity contribution < 1.29 is 17.1 Å². The van der Waals surface area contributed by atoms with Gasteiger partial charge in [0.05, 0.1) is 22.3 Å². The Morgan fingerprint density at radius 3 is 0.565 bits per heavy atom. The molecule has 13 heteroatoms. The van der Waals surface area contributed by atoms with Crippen molar-refractivity contribution >= 4 is 69.4 Å². The molecule has 4 aromatic carbocycles. The van der Waals surface area contributed by atoms with Gasteiger partial charge in [-0.15, -0.1) is 0 Å². The van der Waals surface area contributed by atoms with Crippen LogP contribution in [0.5, 0.6) is 0 Å². The van der Waals surface area contributed by atoms with E-state index in [0.29, 0.717) is 46.7 Å². The third kappa shape index (κ3) is 8.49. The fourth-order valence-electron chi connectivity index (χ4n) is 9.23. The van der Waals surface area contributed by atoms with Crippen LogP contribution in [-0.4, -0.2) is 103 Å². The first-order valence-corrected chi connectivity index (χ1v) is 23.7. The molecule has 0 saturated heterocycles. The number of hydrogen-bond donors (Lipinski definition) is 0. The fourth-order valence-corrected chi connectivity index (χ4v) is 9.23. The number of nitrogens with zero attached hydrogens (tertiary/aromatic N) is 12. The number of rotatable bonds is 4. The molecule has 5 aliphatic heterocycles. The predicted octanol–water partition coefficient (Wildman–Crippen LogP) is 10.3. The van der Waals surface area contributed by atoms with Crippen LogP contribution in [0.2, 0.25) is 0 Å². The number of aliphatic imine (C=N–C) groups is 8. The van der Waals surface area contributed by atoms with Crippen LogP contribution in [-0.2, 0) is 38.7 Å². The Morgan fingerprint density at radius 1 is 0.261 bits per heavy atom. The van der Waals surface area contributed by atoms with Crippen LogP contribution in [0.3, 0.4) is 0 Å². The topological polar surface area (TPSA) is 112 Å². The van der Waals surface area contributed by atoms with Crippen molar-refractivity contribution in [2.75, 3.05) is 76.0 Å². The maximum atomic E-state index is 5.52. The van der Waals surface area contributed by atoms with Gasteiger partial charge in [-0.3, -0.25) is 0 Å². The molecule has 0 fully saturated rings. The van der Waals surface area contributed by atoms with Crippen LogP contribution < -0.4 is 19.6 Å². The predicted molar refractivity (Wildman–Crippen MR) is 290 cm³/mol. The van der Waals surface area contributed by atoms with Gasteiger partial charge in [0.15, 0.2) is 46.7 Å². The molecule has 0 aromatic heterocycles. The van der Waals surface area contributed by atoms with Gasteiger partial charge in [-0.05, 0) is 92.4 Å². The van der Waals surface area contributed by atoms with Gasteiger partial charge in [0.1, 0.15) is 0 Å². The molecular formula is C56H68CuN12+2. The summed E-state index contributed by atoms with van der Waals surface area (Å²) in [7, 11) is 16.6. The zero-order chi connectivity index (χ0) is 49.5. The zero-order valence-corrected chi connectivity index (χ0v) is 45.2. The number of hydrogen-bond acceptors (Lipinski definition) is 12. The van der Waals surface area contributed by atoms with E-state index in [9.17, 15) is 0 Å². The normalized spacial score (nSPS) is 15.8. The fraction of sp³-hybridized carbons (Fsp3) is 0.429. The number of amidine groups is 8. The first kappa shape index (κ1) is 49.4. The summed E-state index contributed by atoms with van der Waals surface area (Å²) in [4.78, 5) is 52.3. The van der Waals surface area contributed by atoms with Crippen molar-refractivity contribution in [1.29, 1.82) is 0 Å². The molecule has 12 nitrogen and oxygen atoms in total. The maximum absolute atomic E-state index is 5.52. The number of fused-ring (bicyclic) bond motifs is 16. The first-order valence-electron chi connectivity index (χ1n) is 23.7. The Bertz CT molecular complexity index is 2720. The van der Waals surface area contributed by atoms with E-state index >= 15 is 0 Å². The van der Waals surface area contributed by atoms with E-state index < -0.39 is 0 Å². The van der Waals surface area contributed by atoms with Gasteiger partial charge < -0.3 is 19.6 Å². The summed E-state index contributed by atoms with van der Waals surface area (Å²) in [5.74, 6) is 4.25. The molecule has 5 aliphatic rings. The van der Waals surface area contributed by atoms with Crippen LogP contribution in [0.25, 0.3) is 0 Å². The Hall–Kier alpha value is -6.04. The van der Waals surface area contributed by atoms with Gasteiger partial charge >= 0.3 is 17.1 Å². The minimum Gasteiger partial charge on any atom is -0.377 e. The van der Waals surface area contributed by atoms with Gasteiger partial charge in [0.25, 0.3) is 0 Å². The van der Waals surface area contributed by atoms with Gasteiger partial charge in [0, 0.05) is 101 Å². The maximum Gasteiger partial charge on any atom is 2.00 e. The molecule has 9 rings (SSSR count). The van der Waals surface area contributed by atoms with Gasteiger partial charge in [-0.2, -0.15) is 0 Å². The third-order valence-corrected chi connectivity index (χ3v) is 13.4. The summed E-state index contributed by atoms with van der Waals surface area (Å²) in [5, 5.41) is 0. The minimum atomic E-state index is -0.169. The van der Waals surface area contributed by atoms with Gasteiger partial charge in [0.2, 0.25) is 0 Å². The quantitative estimate of drug-likeness (QED) is 0.190. The van der Waals surface area contributed by atoms with Crippen molar-refractivity contribution in [1.82, 2.24) is 0 Å². The molecule has 1 radical (unpaired) electrons. The Kier molecular flexibility index (Phi) is 11.8.